The number of aromatic hydroxyl groups is 1. The van der Waals surface area contributed by atoms with Crippen LogP contribution in [0.25, 0.3) is 11.1 Å². The van der Waals surface area contributed by atoms with Gasteiger partial charge in [0.05, 0.1) is 10.7 Å². The minimum atomic E-state index is 0.264. The zero-order valence-corrected chi connectivity index (χ0v) is 12.4. The molecule has 0 saturated heterocycles. The zero-order valence-electron chi connectivity index (χ0n) is 10.8. The lowest BCUT2D eigenvalue weighted by molar-refractivity contribution is 0.471. The summed E-state index contributed by atoms with van der Waals surface area (Å²) in [7, 11) is 1.79. The first kappa shape index (κ1) is 12.5. The van der Waals surface area contributed by atoms with Crippen LogP contribution in [-0.4, -0.2) is 14.9 Å². The quantitative estimate of drug-likeness (QED) is 0.848. The fourth-order valence-corrected chi connectivity index (χ4v) is 3.37. The molecule has 3 rings (SSSR count). The molecule has 100 valence electrons. The third kappa shape index (κ3) is 1.92. The van der Waals surface area contributed by atoms with Gasteiger partial charge in [-0.25, -0.2) is 0 Å². The normalized spacial score (nSPS) is 14.4. The van der Waals surface area contributed by atoms with Gasteiger partial charge in [0.2, 0.25) is 0 Å². The van der Waals surface area contributed by atoms with Crippen LogP contribution in [0.15, 0.2) is 16.7 Å². The number of phenols is 1. The summed E-state index contributed by atoms with van der Waals surface area (Å²) in [5, 5.41) is 14.5. The van der Waals surface area contributed by atoms with Gasteiger partial charge in [0.15, 0.2) is 0 Å². The van der Waals surface area contributed by atoms with E-state index in [1.165, 1.54) is 24.0 Å². The molecule has 0 unspecified atom stereocenters. The van der Waals surface area contributed by atoms with Crippen molar-refractivity contribution in [2.24, 2.45) is 7.05 Å². The van der Waals surface area contributed by atoms with Gasteiger partial charge in [0.1, 0.15) is 11.6 Å². The topological polar surface area (TPSA) is 64.1 Å². The van der Waals surface area contributed by atoms with Crippen LogP contribution in [0.1, 0.15) is 24.0 Å². The fraction of sp³-hybridized carbons (Fsp3) is 0.357. The van der Waals surface area contributed by atoms with Crippen LogP contribution in [0.3, 0.4) is 0 Å². The molecule has 1 aliphatic carbocycles. The largest absolute Gasteiger partial charge is 0.506 e. The van der Waals surface area contributed by atoms with E-state index in [9.17, 15) is 5.11 Å². The zero-order chi connectivity index (χ0) is 13.6. The Kier molecular flexibility index (Phi) is 3.01. The van der Waals surface area contributed by atoms with Crippen LogP contribution in [0.2, 0.25) is 0 Å². The molecule has 0 atom stereocenters. The van der Waals surface area contributed by atoms with Crippen molar-refractivity contribution >= 4 is 21.7 Å². The number of anilines is 1. The molecule has 19 heavy (non-hydrogen) atoms. The lowest BCUT2D eigenvalue weighted by atomic mass is 9.89. The Morgan fingerprint density at radius 2 is 2.05 bits per heavy atom. The summed E-state index contributed by atoms with van der Waals surface area (Å²) in [4.78, 5) is 0. The first-order chi connectivity index (χ1) is 9.09. The minimum absolute atomic E-state index is 0.264. The van der Waals surface area contributed by atoms with Crippen LogP contribution < -0.4 is 5.73 Å². The lowest BCUT2D eigenvalue weighted by Gasteiger charge is -2.20. The number of hydrogen-bond acceptors (Lipinski definition) is 3. The third-order valence-corrected chi connectivity index (χ3v) is 4.69. The van der Waals surface area contributed by atoms with E-state index in [4.69, 9.17) is 5.73 Å². The van der Waals surface area contributed by atoms with E-state index in [1.807, 2.05) is 0 Å². The molecular formula is C14H16BrN3O. The van der Waals surface area contributed by atoms with Crippen LogP contribution in [0, 0.1) is 0 Å². The smallest absolute Gasteiger partial charge is 0.138 e. The van der Waals surface area contributed by atoms with Gasteiger partial charge >= 0.3 is 0 Å². The fourth-order valence-electron chi connectivity index (χ4n) is 2.70. The van der Waals surface area contributed by atoms with Crippen molar-refractivity contribution in [3.63, 3.8) is 0 Å². The van der Waals surface area contributed by atoms with Crippen LogP contribution in [0.4, 0.5) is 5.82 Å². The van der Waals surface area contributed by atoms with Gasteiger partial charge in [-0.3, -0.25) is 4.68 Å². The highest BCUT2D eigenvalue weighted by Gasteiger charge is 2.21. The van der Waals surface area contributed by atoms with Gasteiger partial charge in [0, 0.05) is 18.2 Å². The molecule has 0 spiro atoms. The van der Waals surface area contributed by atoms with Gasteiger partial charge < -0.3 is 10.8 Å². The molecule has 0 saturated carbocycles. The average molecular weight is 322 g/mol. The summed E-state index contributed by atoms with van der Waals surface area (Å²) < 4.78 is 2.42. The minimum Gasteiger partial charge on any atom is -0.506 e. The van der Waals surface area contributed by atoms with Crippen LogP contribution in [-0.2, 0) is 19.9 Å². The molecule has 1 aliphatic rings. The molecule has 1 aromatic carbocycles. The molecule has 0 aliphatic heterocycles. The second-order valence-electron chi connectivity index (χ2n) is 5.00. The molecular weight excluding hydrogens is 306 g/mol. The van der Waals surface area contributed by atoms with Crippen molar-refractivity contribution in [1.82, 2.24) is 9.78 Å². The van der Waals surface area contributed by atoms with Crippen LogP contribution in [0.5, 0.6) is 5.75 Å². The van der Waals surface area contributed by atoms with Crippen molar-refractivity contribution in [3.05, 3.63) is 27.9 Å². The first-order valence-corrected chi connectivity index (χ1v) is 7.20. The highest BCUT2D eigenvalue weighted by molar-refractivity contribution is 9.10. The Hall–Kier alpha value is -1.49. The molecule has 4 nitrogen and oxygen atoms in total. The second-order valence-corrected chi connectivity index (χ2v) is 5.79. The number of aromatic nitrogens is 2. The standard InChI is InChI=1S/C14H16BrN3O/c1-18-14(16)11(7-17-18)10-6-8-4-2-3-5-9(8)12(15)13(10)19/h6-7,19H,2-5,16H2,1H3. The van der Waals surface area contributed by atoms with E-state index in [1.54, 1.807) is 17.9 Å². The first-order valence-electron chi connectivity index (χ1n) is 6.40. The summed E-state index contributed by atoms with van der Waals surface area (Å²) in [6.07, 6.45) is 6.16. The van der Waals surface area contributed by atoms with Crippen molar-refractivity contribution in [2.45, 2.75) is 25.7 Å². The molecule has 0 bridgehead atoms. The summed E-state index contributed by atoms with van der Waals surface area (Å²) >= 11 is 3.53. The summed E-state index contributed by atoms with van der Waals surface area (Å²) in [6, 6.07) is 2.06. The number of fused-ring (bicyclic) bond motifs is 1. The van der Waals surface area contributed by atoms with Crippen molar-refractivity contribution in [1.29, 1.82) is 0 Å². The number of nitrogens with two attached hydrogens (primary N) is 1. The Balaban J connectivity index is 2.22. The number of nitrogen functional groups attached to an aromatic ring is 1. The van der Waals surface area contributed by atoms with E-state index >= 15 is 0 Å². The molecule has 1 aromatic heterocycles. The number of benzene rings is 1. The monoisotopic (exact) mass is 321 g/mol. The van der Waals surface area contributed by atoms with Gasteiger partial charge in [-0.2, -0.15) is 5.10 Å². The van der Waals surface area contributed by atoms with E-state index in [-0.39, 0.29) is 5.75 Å². The number of aryl methyl sites for hydroxylation is 2. The molecule has 1 heterocycles. The SMILES string of the molecule is Cn1ncc(-c2cc3c(c(Br)c2O)CCCC3)c1N. The molecule has 0 amide bonds. The Labute approximate surface area is 120 Å². The summed E-state index contributed by atoms with van der Waals surface area (Å²) in [6.45, 7) is 0. The second kappa shape index (κ2) is 4.56. The van der Waals surface area contributed by atoms with Gasteiger partial charge in [-0.05, 0) is 58.8 Å². The molecule has 0 radical (unpaired) electrons. The summed E-state index contributed by atoms with van der Waals surface area (Å²) in [5.74, 6) is 0.832. The number of rotatable bonds is 1. The van der Waals surface area contributed by atoms with E-state index in [2.05, 4.69) is 27.1 Å². The van der Waals surface area contributed by atoms with Crippen molar-refractivity contribution in [3.8, 4) is 16.9 Å². The highest BCUT2D eigenvalue weighted by Crippen LogP contribution is 2.43. The molecule has 2 aromatic rings. The maximum Gasteiger partial charge on any atom is 0.138 e. The Bertz CT molecular complexity index is 649. The maximum atomic E-state index is 10.4. The number of phenolic OH excluding ortho intramolecular Hbond substituents is 1. The van der Waals surface area contributed by atoms with E-state index < -0.39 is 0 Å². The maximum absolute atomic E-state index is 10.4. The predicted molar refractivity (Wildman–Crippen MR) is 79.1 cm³/mol. The Morgan fingerprint density at radius 1 is 1.32 bits per heavy atom. The Morgan fingerprint density at radius 3 is 2.74 bits per heavy atom. The number of halogens is 1. The van der Waals surface area contributed by atoms with Gasteiger partial charge in [-0.1, -0.05) is 0 Å². The van der Waals surface area contributed by atoms with E-state index in [0.717, 1.165) is 28.4 Å². The van der Waals surface area contributed by atoms with Crippen molar-refractivity contribution in [2.75, 3.05) is 5.73 Å². The molecule has 0 fully saturated rings. The number of hydrogen-bond donors (Lipinski definition) is 2. The van der Waals surface area contributed by atoms with Gasteiger partial charge in [-0.15, -0.1) is 0 Å². The number of nitrogens with zero attached hydrogens (tertiary/aromatic N) is 2. The van der Waals surface area contributed by atoms with Gasteiger partial charge in [0.25, 0.3) is 0 Å². The van der Waals surface area contributed by atoms with E-state index in [0.29, 0.717) is 5.82 Å². The highest BCUT2D eigenvalue weighted by atomic mass is 79.9. The lowest BCUT2D eigenvalue weighted by Crippen LogP contribution is -2.04. The summed E-state index contributed by atoms with van der Waals surface area (Å²) in [5.41, 5.74) is 10.1. The predicted octanol–water partition coefficient (Wildman–Crippen LogP) is 3.02. The average Bonchev–Trinajstić information content (AvgIpc) is 2.75. The molecule has 3 N–H and O–H groups in total. The third-order valence-electron chi connectivity index (χ3n) is 3.83. The molecule has 5 heteroatoms. The van der Waals surface area contributed by atoms with Crippen LogP contribution >= 0.6 is 15.9 Å². The van der Waals surface area contributed by atoms with Crippen molar-refractivity contribution < 1.29 is 5.11 Å².